The first-order chi connectivity index (χ1) is 9.61. The maximum Gasteiger partial charge on any atom is 0.267 e. The summed E-state index contributed by atoms with van der Waals surface area (Å²) < 4.78 is 0. The molecule has 0 atom stereocenters. The van der Waals surface area contributed by atoms with Gasteiger partial charge in [0.1, 0.15) is 4.88 Å². The number of benzene rings is 1. The standard InChI is InChI=1S/C15H15N3OS/c1-10-5-6-12(4-3-7-16)13(8-10)18-15(19)14-11(2)17-9-20-14/h5-6,8-9H,7,16H2,1-2H3,(H,18,19). The summed E-state index contributed by atoms with van der Waals surface area (Å²) >= 11 is 1.33. The molecule has 0 aliphatic heterocycles. The van der Waals surface area contributed by atoms with Crippen LogP contribution in [0.5, 0.6) is 0 Å². The number of anilines is 1. The van der Waals surface area contributed by atoms with E-state index < -0.39 is 0 Å². The summed E-state index contributed by atoms with van der Waals surface area (Å²) in [5, 5.41) is 2.89. The van der Waals surface area contributed by atoms with Gasteiger partial charge in [0.2, 0.25) is 0 Å². The Morgan fingerprint density at radius 3 is 2.90 bits per heavy atom. The van der Waals surface area contributed by atoms with Gasteiger partial charge in [0.05, 0.1) is 23.4 Å². The van der Waals surface area contributed by atoms with Crippen molar-refractivity contribution < 1.29 is 4.79 Å². The van der Waals surface area contributed by atoms with Crippen LogP contribution < -0.4 is 11.1 Å². The normalized spacial score (nSPS) is 9.75. The van der Waals surface area contributed by atoms with E-state index in [2.05, 4.69) is 22.1 Å². The van der Waals surface area contributed by atoms with Crippen molar-refractivity contribution in [2.45, 2.75) is 13.8 Å². The molecule has 2 aromatic rings. The molecular weight excluding hydrogens is 270 g/mol. The number of thiazole rings is 1. The minimum absolute atomic E-state index is 0.161. The van der Waals surface area contributed by atoms with E-state index in [1.54, 1.807) is 5.51 Å². The lowest BCUT2D eigenvalue weighted by molar-refractivity contribution is 0.103. The van der Waals surface area contributed by atoms with E-state index in [0.29, 0.717) is 10.6 Å². The van der Waals surface area contributed by atoms with Gasteiger partial charge in [-0.15, -0.1) is 11.3 Å². The molecule has 0 saturated carbocycles. The van der Waals surface area contributed by atoms with Crippen LogP contribution in [0.25, 0.3) is 0 Å². The van der Waals surface area contributed by atoms with Crippen molar-refractivity contribution >= 4 is 22.9 Å². The van der Waals surface area contributed by atoms with Crippen LogP contribution in [0.3, 0.4) is 0 Å². The molecule has 0 aliphatic carbocycles. The van der Waals surface area contributed by atoms with Crippen LogP contribution in [0.4, 0.5) is 5.69 Å². The lowest BCUT2D eigenvalue weighted by Crippen LogP contribution is -2.12. The van der Waals surface area contributed by atoms with E-state index >= 15 is 0 Å². The SMILES string of the molecule is Cc1ccc(C#CCN)c(NC(=O)c2scnc2C)c1. The van der Waals surface area contributed by atoms with E-state index in [1.165, 1.54) is 11.3 Å². The first kappa shape index (κ1) is 14.3. The number of hydrogen-bond acceptors (Lipinski definition) is 4. The molecule has 2 rings (SSSR count). The highest BCUT2D eigenvalue weighted by Gasteiger charge is 2.13. The van der Waals surface area contributed by atoms with Crippen molar-refractivity contribution in [3.05, 3.63) is 45.4 Å². The fourth-order valence-electron chi connectivity index (χ4n) is 1.72. The second-order valence-corrected chi connectivity index (χ2v) is 5.13. The van der Waals surface area contributed by atoms with Crippen LogP contribution in [-0.4, -0.2) is 17.4 Å². The first-order valence-corrected chi connectivity index (χ1v) is 7.01. The molecule has 1 aromatic carbocycles. The average molecular weight is 285 g/mol. The molecule has 20 heavy (non-hydrogen) atoms. The number of nitrogens with two attached hydrogens (primary N) is 1. The zero-order valence-electron chi connectivity index (χ0n) is 11.4. The Labute approximate surface area is 122 Å². The molecule has 0 unspecified atom stereocenters. The second-order valence-electron chi connectivity index (χ2n) is 4.28. The highest BCUT2D eigenvalue weighted by atomic mass is 32.1. The van der Waals surface area contributed by atoms with Gasteiger partial charge in [-0.3, -0.25) is 4.79 Å². The molecular formula is C15H15N3OS. The summed E-state index contributed by atoms with van der Waals surface area (Å²) in [7, 11) is 0. The maximum atomic E-state index is 12.2. The Hall–Kier alpha value is -2.16. The van der Waals surface area contributed by atoms with Crippen molar-refractivity contribution in [1.29, 1.82) is 0 Å². The summed E-state index contributed by atoms with van der Waals surface area (Å²) in [6.07, 6.45) is 0. The molecule has 1 amide bonds. The Kier molecular flexibility index (Phi) is 4.51. The topological polar surface area (TPSA) is 68.0 Å². The van der Waals surface area contributed by atoms with E-state index in [4.69, 9.17) is 5.73 Å². The Morgan fingerprint density at radius 1 is 1.45 bits per heavy atom. The Morgan fingerprint density at radius 2 is 2.25 bits per heavy atom. The third kappa shape index (κ3) is 3.23. The number of amides is 1. The summed E-state index contributed by atoms with van der Waals surface area (Å²) in [6.45, 7) is 4.07. The molecule has 0 fully saturated rings. The summed E-state index contributed by atoms with van der Waals surface area (Å²) in [4.78, 5) is 16.9. The van der Waals surface area contributed by atoms with Gasteiger partial charge in [-0.1, -0.05) is 17.9 Å². The van der Waals surface area contributed by atoms with Gasteiger partial charge in [-0.05, 0) is 31.5 Å². The number of carbonyl (C=O) groups is 1. The van der Waals surface area contributed by atoms with E-state index in [-0.39, 0.29) is 12.5 Å². The minimum atomic E-state index is -0.161. The van der Waals surface area contributed by atoms with Crippen molar-refractivity contribution in [2.75, 3.05) is 11.9 Å². The largest absolute Gasteiger partial charge is 0.320 e. The zero-order chi connectivity index (χ0) is 14.5. The average Bonchev–Trinajstić information content (AvgIpc) is 2.84. The van der Waals surface area contributed by atoms with Gasteiger partial charge >= 0.3 is 0 Å². The van der Waals surface area contributed by atoms with E-state index in [0.717, 1.165) is 16.8 Å². The first-order valence-electron chi connectivity index (χ1n) is 6.13. The lowest BCUT2D eigenvalue weighted by atomic mass is 10.1. The number of aryl methyl sites for hydroxylation is 2. The minimum Gasteiger partial charge on any atom is -0.320 e. The molecule has 5 heteroatoms. The Bertz CT molecular complexity index is 695. The molecule has 4 nitrogen and oxygen atoms in total. The molecule has 3 N–H and O–H groups in total. The van der Waals surface area contributed by atoms with Crippen LogP contribution in [0.15, 0.2) is 23.7 Å². The molecule has 0 spiro atoms. The molecule has 0 radical (unpaired) electrons. The fourth-order valence-corrected chi connectivity index (χ4v) is 2.41. The zero-order valence-corrected chi connectivity index (χ0v) is 12.2. The molecule has 0 aliphatic rings. The van der Waals surface area contributed by atoms with Crippen molar-refractivity contribution in [3.63, 3.8) is 0 Å². The van der Waals surface area contributed by atoms with Gasteiger partial charge in [0.25, 0.3) is 5.91 Å². The quantitative estimate of drug-likeness (QED) is 0.832. The monoisotopic (exact) mass is 285 g/mol. The fraction of sp³-hybridized carbons (Fsp3) is 0.200. The molecule has 102 valence electrons. The smallest absolute Gasteiger partial charge is 0.267 e. The van der Waals surface area contributed by atoms with E-state index in [9.17, 15) is 4.79 Å². The highest BCUT2D eigenvalue weighted by molar-refractivity contribution is 7.12. The van der Waals surface area contributed by atoms with Gasteiger partial charge in [-0.25, -0.2) is 4.98 Å². The maximum absolute atomic E-state index is 12.2. The van der Waals surface area contributed by atoms with Crippen LogP contribution >= 0.6 is 11.3 Å². The van der Waals surface area contributed by atoms with E-state index in [1.807, 2.05) is 32.0 Å². The number of carbonyl (C=O) groups excluding carboxylic acids is 1. The van der Waals surface area contributed by atoms with Gasteiger partial charge in [0, 0.05) is 5.56 Å². The predicted octanol–water partition coefficient (Wildman–Crippen LogP) is 2.32. The number of nitrogens with one attached hydrogen (secondary N) is 1. The molecule has 0 saturated heterocycles. The number of nitrogens with zero attached hydrogens (tertiary/aromatic N) is 1. The molecule has 0 bridgehead atoms. The summed E-state index contributed by atoms with van der Waals surface area (Å²) in [6, 6.07) is 5.73. The predicted molar refractivity (Wildman–Crippen MR) is 81.9 cm³/mol. The number of hydrogen-bond donors (Lipinski definition) is 2. The van der Waals surface area contributed by atoms with Crippen LogP contribution in [-0.2, 0) is 0 Å². The van der Waals surface area contributed by atoms with Crippen LogP contribution in [0.1, 0.15) is 26.5 Å². The van der Waals surface area contributed by atoms with Crippen molar-refractivity contribution in [1.82, 2.24) is 4.98 Å². The lowest BCUT2D eigenvalue weighted by Gasteiger charge is -2.08. The van der Waals surface area contributed by atoms with Crippen molar-refractivity contribution in [2.24, 2.45) is 5.73 Å². The number of aromatic nitrogens is 1. The third-order valence-corrected chi connectivity index (χ3v) is 3.63. The highest BCUT2D eigenvalue weighted by Crippen LogP contribution is 2.20. The van der Waals surface area contributed by atoms with Crippen LogP contribution in [0, 0.1) is 25.7 Å². The van der Waals surface area contributed by atoms with Crippen molar-refractivity contribution in [3.8, 4) is 11.8 Å². The molecule has 1 heterocycles. The van der Waals surface area contributed by atoms with Gasteiger partial charge < -0.3 is 11.1 Å². The molecule has 1 aromatic heterocycles. The number of rotatable bonds is 2. The van der Waals surface area contributed by atoms with Gasteiger partial charge in [-0.2, -0.15) is 0 Å². The third-order valence-electron chi connectivity index (χ3n) is 2.70. The van der Waals surface area contributed by atoms with Crippen LogP contribution in [0.2, 0.25) is 0 Å². The Balaban J connectivity index is 2.31. The van der Waals surface area contributed by atoms with Gasteiger partial charge in [0.15, 0.2) is 0 Å². The summed E-state index contributed by atoms with van der Waals surface area (Å²) in [5.74, 6) is 5.60. The second kappa shape index (κ2) is 6.33. The summed E-state index contributed by atoms with van der Waals surface area (Å²) in [5.41, 5.74) is 10.3.